The molecule has 0 aliphatic heterocycles. The van der Waals surface area contributed by atoms with Crippen LogP contribution in [0, 0.1) is 20.8 Å². The summed E-state index contributed by atoms with van der Waals surface area (Å²) < 4.78 is 32.1. The average molecular weight is 315 g/mol. The number of hydrogen-bond acceptors (Lipinski definition) is 4. The summed E-state index contributed by atoms with van der Waals surface area (Å²) in [6.45, 7) is 5.40. The van der Waals surface area contributed by atoms with Crippen molar-refractivity contribution in [1.29, 1.82) is 0 Å². The Morgan fingerprint density at radius 2 is 2.00 bits per heavy atom. The summed E-state index contributed by atoms with van der Waals surface area (Å²) in [7, 11) is -3.69. The SMILES string of the molecule is Cc1ccc(S(=O)(=O)NCc2nc(C)c(C)o2)c(Cl)c1. The van der Waals surface area contributed by atoms with Crippen LogP contribution in [-0.2, 0) is 16.6 Å². The highest BCUT2D eigenvalue weighted by atomic mass is 35.5. The molecule has 7 heteroatoms. The van der Waals surface area contributed by atoms with E-state index >= 15 is 0 Å². The molecule has 0 bridgehead atoms. The van der Waals surface area contributed by atoms with Gasteiger partial charge in [-0.05, 0) is 38.5 Å². The van der Waals surface area contributed by atoms with E-state index in [0.29, 0.717) is 11.7 Å². The highest BCUT2D eigenvalue weighted by Gasteiger charge is 2.18. The molecule has 0 fully saturated rings. The monoisotopic (exact) mass is 314 g/mol. The van der Waals surface area contributed by atoms with Gasteiger partial charge in [-0.15, -0.1) is 0 Å². The minimum atomic E-state index is -3.69. The Balaban J connectivity index is 2.19. The predicted molar refractivity (Wildman–Crippen MR) is 76.2 cm³/mol. The molecule has 2 aromatic rings. The quantitative estimate of drug-likeness (QED) is 0.941. The third-order valence-corrected chi connectivity index (χ3v) is 4.75. The van der Waals surface area contributed by atoms with Crippen molar-refractivity contribution in [2.45, 2.75) is 32.2 Å². The first-order chi connectivity index (χ1) is 9.29. The van der Waals surface area contributed by atoms with E-state index in [1.807, 2.05) is 6.92 Å². The molecule has 0 saturated heterocycles. The van der Waals surface area contributed by atoms with E-state index in [-0.39, 0.29) is 16.5 Å². The Morgan fingerprint density at radius 3 is 2.55 bits per heavy atom. The Kier molecular flexibility index (Phi) is 4.17. The Labute approximate surface area is 123 Å². The maximum absolute atomic E-state index is 12.2. The molecule has 1 heterocycles. The number of sulfonamides is 1. The zero-order chi connectivity index (χ0) is 14.9. The van der Waals surface area contributed by atoms with Gasteiger partial charge in [0.25, 0.3) is 0 Å². The highest BCUT2D eigenvalue weighted by molar-refractivity contribution is 7.89. The van der Waals surface area contributed by atoms with Gasteiger partial charge in [-0.2, -0.15) is 0 Å². The summed E-state index contributed by atoms with van der Waals surface area (Å²) in [6.07, 6.45) is 0. The normalized spacial score (nSPS) is 11.8. The number of nitrogens with zero attached hydrogens (tertiary/aromatic N) is 1. The first kappa shape index (κ1) is 15.0. The van der Waals surface area contributed by atoms with Gasteiger partial charge in [0.05, 0.1) is 17.3 Å². The molecule has 1 aromatic carbocycles. The van der Waals surface area contributed by atoms with Crippen molar-refractivity contribution >= 4 is 21.6 Å². The van der Waals surface area contributed by atoms with Crippen LogP contribution in [0.15, 0.2) is 27.5 Å². The van der Waals surface area contributed by atoms with Crippen LogP contribution in [0.5, 0.6) is 0 Å². The minimum absolute atomic E-state index is 0.0127. The van der Waals surface area contributed by atoms with Crippen molar-refractivity contribution in [2.24, 2.45) is 0 Å². The fourth-order valence-corrected chi connectivity index (χ4v) is 3.24. The first-order valence-electron chi connectivity index (χ1n) is 5.98. The Hall–Kier alpha value is -1.37. The number of rotatable bonds is 4. The molecule has 0 saturated carbocycles. The van der Waals surface area contributed by atoms with Gasteiger partial charge in [-0.3, -0.25) is 0 Å². The average Bonchev–Trinajstić information content (AvgIpc) is 2.66. The van der Waals surface area contributed by atoms with Gasteiger partial charge in [-0.1, -0.05) is 17.7 Å². The van der Waals surface area contributed by atoms with Crippen molar-refractivity contribution in [1.82, 2.24) is 9.71 Å². The number of oxazole rings is 1. The van der Waals surface area contributed by atoms with E-state index in [9.17, 15) is 8.42 Å². The zero-order valence-electron chi connectivity index (χ0n) is 11.4. The molecule has 0 aliphatic carbocycles. The lowest BCUT2D eigenvalue weighted by Gasteiger charge is -2.07. The van der Waals surface area contributed by atoms with Crippen molar-refractivity contribution < 1.29 is 12.8 Å². The van der Waals surface area contributed by atoms with Crippen molar-refractivity contribution in [3.05, 3.63) is 46.1 Å². The lowest BCUT2D eigenvalue weighted by molar-refractivity contribution is 0.463. The molecule has 0 spiro atoms. The van der Waals surface area contributed by atoms with Gasteiger partial charge in [-0.25, -0.2) is 18.1 Å². The second-order valence-corrected chi connectivity index (χ2v) is 6.65. The number of aryl methyl sites for hydroxylation is 3. The Morgan fingerprint density at radius 1 is 1.30 bits per heavy atom. The fraction of sp³-hybridized carbons (Fsp3) is 0.308. The Bertz CT molecular complexity index is 719. The molecule has 0 amide bonds. The molecule has 0 radical (unpaired) electrons. The van der Waals surface area contributed by atoms with E-state index in [0.717, 1.165) is 11.3 Å². The van der Waals surface area contributed by atoms with E-state index in [4.69, 9.17) is 16.0 Å². The predicted octanol–water partition coefficient (Wildman–Crippen LogP) is 2.73. The van der Waals surface area contributed by atoms with Crippen molar-refractivity contribution in [3.63, 3.8) is 0 Å². The summed E-state index contributed by atoms with van der Waals surface area (Å²) in [4.78, 5) is 4.16. The van der Waals surface area contributed by atoms with Crippen LogP contribution in [0.3, 0.4) is 0 Å². The number of nitrogens with one attached hydrogen (secondary N) is 1. The maximum Gasteiger partial charge on any atom is 0.242 e. The lowest BCUT2D eigenvalue weighted by atomic mass is 10.2. The molecular weight excluding hydrogens is 300 g/mol. The first-order valence-corrected chi connectivity index (χ1v) is 7.84. The third-order valence-electron chi connectivity index (χ3n) is 2.86. The molecule has 1 aromatic heterocycles. The summed E-state index contributed by atoms with van der Waals surface area (Å²) in [5, 5.41) is 0.192. The van der Waals surface area contributed by atoms with Crippen molar-refractivity contribution in [2.75, 3.05) is 0 Å². The van der Waals surface area contributed by atoms with Crippen LogP contribution in [0.1, 0.15) is 22.9 Å². The van der Waals surface area contributed by atoms with Crippen LogP contribution in [0.25, 0.3) is 0 Å². The van der Waals surface area contributed by atoms with Crippen molar-refractivity contribution in [3.8, 4) is 0 Å². The van der Waals surface area contributed by atoms with Gasteiger partial charge in [0.15, 0.2) is 0 Å². The van der Waals surface area contributed by atoms with E-state index in [2.05, 4.69) is 9.71 Å². The van der Waals surface area contributed by atoms with E-state index < -0.39 is 10.0 Å². The number of hydrogen-bond donors (Lipinski definition) is 1. The second kappa shape index (κ2) is 5.55. The van der Waals surface area contributed by atoms with Crippen LogP contribution in [0.2, 0.25) is 5.02 Å². The van der Waals surface area contributed by atoms with Gasteiger partial charge in [0, 0.05) is 0 Å². The summed E-state index contributed by atoms with van der Waals surface area (Å²) in [5.41, 5.74) is 1.64. The molecule has 20 heavy (non-hydrogen) atoms. The molecule has 0 unspecified atom stereocenters. The molecule has 2 rings (SSSR count). The maximum atomic E-state index is 12.2. The largest absolute Gasteiger partial charge is 0.444 e. The molecule has 5 nitrogen and oxygen atoms in total. The number of halogens is 1. The van der Waals surface area contributed by atoms with Crippen LogP contribution >= 0.6 is 11.6 Å². The van der Waals surface area contributed by atoms with Crippen LogP contribution < -0.4 is 4.72 Å². The molecule has 1 N–H and O–H groups in total. The fourth-order valence-electron chi connectivity index (χ4n) is 1.67. The van der Waals surface area contributed by atoms with E-state index in [1.165, 1.54) is 6.07 Å². The molecular formula is C13H15ClN2O3S. The highest BCUT2D eigenvalue weighted by Crippen LogP contribution is 2.22. The lowest BCUT2D eigenvalue weighted by Crippen LogP contribution is -2.23. The summed E-state index contributed by atoms with van der Waals surface area (Å²) >= 11 is 5.97. The summed E-state index contributed by atoms with van der Waals surface area (Å²) in [5.74, 6) is 0.999. The van der Waals surface area contributed by atoms with Crippen LogP contribution in [-0.4, -0.2) is 13.4 Å². The molecule has 0 aliphatic rings. The third kappa shape index (κ3) is 3.20. The number of benzene rings is 1. The smallest absolute Gasteiger partial charge is 0.242 e. The van der Waals surface area contributed by atoms with E-state index in [1.54, 1.807) is 26.0 Å². The standard InChI is InChI=1S/C13H15ClN2O3S/c1-8-4-5-12(11(14)6-8)20(17,18)15-7-13-16-9(2)10(3)19-13/h4-6,15H,7H2,1-3H3. The van der Waals surface area contributed by atoms with Gasteiger partial charge < -0.3 is 4.42 Å². The van der Waals surface area contributed by atoms with Gasteiger partial charge in [0.2, 0.25) is 15.9 Å². The minimum Gasteiger partial charge on any atom is -0.444 e. The second-order valence-electron chi connectivity index (χ2n) is 4.51. The van der Waals surface area contributed by atoms with Gasteiger partial charge in [0.1, 0.15) is 10.7 Å². The molecule has 0 atom stereocenters. The number of aromatic nitrogens is 1. The molecule has 108 valence electrons. The summed E-state index contributed by atoms with van der Waals surface area (Å²) in [6, 6.07) is 4.78. The van der Waals surface area contributed by atoms with Crippen LogP contribution in [0.4, 0.5) is 0 Å². The van der Waals surface area contributed by atoms with Gasteiger partial charge >= 0.3 is 0 Å². The zero-order valence-corrected chi connectivity index (χ0v) is 13.0. The topological polar surface area (TPSA) is 72.2 Å².